The van der Waals surface area contributed by atoms with Crippen LogP contribution >= 0.6 is 11.8 Å². The molecule has 0 saturated heterocycles. The molecule has 1 aliphatic rings. The Hall–Kier alpha value is -2.61. The summed E-state index contributed by atoms with van der Waals surface area (Å²) in [7, 11) is 3.10. The van der Waals surface area contributed by atoms with E-state index in [0.717, 1.165) is 11.3 Å². The summed E-state index contributed by atoms with van der Waals surface area (Å²) >= 11 is 1.44. The molecule has 1 aliphatic heterocycles. The summed E-state index contributed by atoms with van der Waals surface area (Å²) in [4.78, 5) is 40.7. The first-order chi connectivity index (χ1) is 12.5. The van der Waals surface area contributed by atoms with E-state index in [0.29, 0.717) is 22.1 Å². The molecule has 0 saturated carbocycles. The van der Waals surface area contributed by atoms with E-state index in [2.05, 4.69) is 10.3 Å². The predicted molar refractivity (Wildman–Crippen MR) is 98.7 cm³/mol. The van der Waals surface area contributed by atoms with Crippen LogP contribution < -0.4 is 10.9 Å². The van der Waals surface area contributed by atoms with E-state index in [1.807, 2.05) is 6.92 Å². The van der Waals surface area contributed by atoms with Crippen molar-refractivity contribution in [3.63, 3.8) is 0 Å². The minimum atomic E-state index is -0.433. The first-order valence-electron chi connectivity index (χ1n) is 8.18. The minimum absolute atomic E-state index is 0.155. The van der Waals surface area contributed by atoms with E-state index in [4.69, 9.17) is 4.74 Å². The molecule has 2 heterocycles. The van der Waals surface area contributed by atoms with Gasteiger partial charge in [-0.25, -0.2) is 4.79 Å². The average molecular weight is 373 g/mol. The zero-order valence-corrected chi connectivity index (χ0v) is 15.6. The maximum absolute atomic E-state index is 12.7. The third kappa shape index (κ3) is 3.24. The van der Waals surface area contributed by atoms with Crippen molar-refractivity contribution in [2.24, 2.45) is 7.05 Å². The maximum Gasteiger partial charge on any atom is 0.337 e. The third-order valence-electron chi connectivity index (χ3n) is 4.31. The van der Waals surface area contributed by atoms with Crippen LogP contribution in [0.2, 0.25) is 0 Å². The highest BCUT2D eigenvalue weighted by atomic mass is 32.2. The number of methoxy groups -OCH3 is 1. The SMILES string of the molecule is CCSc1nc(=O)c2c(n1C)NC(=O)C[C@H]2c1ccc(C(=O)OC)cc1. The number of anilines is 1. The molecule has 136 valence electrons. The number of hydrogen-bond donors (Lipinski definition) is 1. The fourth-order valence-electron chi connectivity index (χ4n) is 3.05. The van der Waals surface area contributed by atoms with E-state index in [1.165, 1.54) is 18.9 Å². The van der Waals surface area contributed by atoms with Crippen LogP contribution in [0.15, 0.2) is 34.2 Å². The Labute approximate surface area is 154 Å². The number of amides is 1. The minimum Gasteiger partial charge on any atom is -0.465 e. The largest absolute Gasteiger partial charge is 0.465 e. The van der Waals surface area contributed by atoms with E-state index in [-0.39, 0.29) is 17.9 Å². The van der Waals surface area contributed by atoms with E-state index in [1.54, 1.807) is 35.9 Å². The van der Waals surface area contributed by atoms with Crippen molar-refractivity contribution < 1.29 is 14.3 Å². The fourth-order valence-corrected chi connectivity index (χ4v) is 3.74. The zero-order valence-electron chi connectivity index (χ0n) is 14.7. The van der Waals surface area contributed by atoms with Crippen LogP contribution in [-0.4, -0.2) is 34.3 Å². The number of rotatable bonds is 4. The molecule has 1 N–H and O–H groups in total. The molecule has 26 heavy (non-hydrogen) atoms. The molecule has 1 aromatic carbocycles. The van der Waals surface area contributed by atoms with Gasteiger partial charge in [0.05, 0.1) is 18.2 Å². The summed E-state index contributed by atoms with van der Waals surface area (Å²) < 4.78 is 6.44. The van der Waals surface area contributed by atoms with Crippen molar-refractivity contribution in [3.8, 4) is 0 Å². The van der Waals surface area contributed by atoms with Crippen molar-refractivity contribution in [1.29, 1.82) is 0 Å². The molecule has 0 unspecified atom stereocenters. The number of esters is 1. The van der Waals surface area contributed by atoms with Crippen LogP contribution in [0.1, 0.15) is 40.7 Å². The quantitative estimate of drug-likeness (QED) is 0.502. The summed E-state index contributed by atoms with van der Waals surface area (Å²) in [6.45, 7) is 1.97. The predicted octanol–water partition coefficient (Wildman–Crippen LogP) is 2.15. The Bertz CT molecular complexity index is 921. The van der Waals surface area contributed by atoms with Gasteiger partial charge in [0.1, 0.15) is 5.82 Å². The van der Waals surface area contributed by atoms with Gasteiger partial charge in [-0.15, -0.1) is 0 Å². The molecule has 0 fully saturated rings. The molecule has 1 amide bonds. The highest BCUT2D eigenvalue weighted by Crippen LogP contribution is 2.35. The number of nitrogens with one attached hydrogen (secondary N) is 1. The van der Waals surface area contributed by atoms with Gasteiger partial charge in [0, 0.05) is 19.4 Å². The summed E-state index contributed by atoms with van der Waals surface area (Å²) in [5.41, 5.74) is 1.33. The summed E-state index contributed by atoms with van der Waals surface area (Å²) in [6.07, 6.45) is 0.155. The van der Waals surface area contributed by atoms with Crippen LogP contribution in [0.5, 0.6) is 0 Å². The van der Waals surface area contributed by atoms with Crippen LogP contribution in [0, 0.1) is 0 Å². The number of aromatic nitrogens is 2. The number of fused-ring (bicyclic) bond motifs is 1. The monoisotopic (exact) mass is 373 g/mol. The standard InChI is InChI=1S/C18H19N3O4S/c1-4-26-18-20-16(23)14-12(9-13(22)19-15(14)21(18)2)10-5-7-11(8-6-10)17(24)25-3/h5-8,12H,4,9H2,1-3H3,(H,19,22)/t12-/m0/s1. The second-order valence-corrected chi connectivity index (χ2v) is 7.10. The first kappa shape index (κ1) is 18.2. The average Bonchev–Trinajstić information content (AvgIpc) is 2.64. The van der Waals surface area contributed by atoms with Crippen molar-refractivity contribution >= 4 is 29.5 Å². The van der Waals surface area contributed by atoms with Crippen molar-refractivity contribution in [1.82, 2.24) is 9.55 Å². The number of benzene rings is 1. The Morgan fingerprint density at radius 3 is 2.65 bits per heavy atom. The molecule has 0 spiro atoms. The molecular weight excluding hydrogens is 354 g/mol. The van der Waals surface area contributed by atoms with Gasteiger partial charge in [-0.3, -0.25) is 9.59 Å². The summed E-state index contributed by atoms with van der Waals surface area (Å²) in [5.74, 6) is 0.257. The number of ether oxygens (including phenoxy) is 1. The number of thioether (sulfide) groups is 1. The van der Waals surface area contributed by atoms with Gasteiger partial charge >= 0.3 is 5.97 Å². The topological polar surface area (TPSA) is 90.3 Å². The van der Waals surface area contributed by atoms with Gasteiger partial charge in [-0.05, 0) is 23.4 Å². The normalized spacial score (nSPS) is 16.0. The summed E-state index contributed by atoms with van der Waals surface area (Å²) in [5, 5.41) is 3.37. The lowest BCUT2D eigenvalue weighted by atomic mass is 9.86. The Morgan fingerprint density at radius 2 is 2.04 bits per heavy atom. The molecule has 1 atom stereocenters. The Kier molecular flexibility index (Phi) is 5.13. The first-order valence-corrected chi connectivity index (χ1v) is 9.16. The smallest absolute Gasteiger partial charge is 0.337 e. The number of hydrogen-bond acceptors (Lipinski definition) is 6. The molecule has 7 nitrogen and oxygen atoms in total. The lowest BCUT2D eigenvalue weighted by Gasteiger charge is -2.27. The number of carbonyl (C=O) groups is 2. The van der Waals surface area contributed by atoms with Gasteiger partial charge in [0.25, 0.3) is 5.56 Å². The van der Waals surface area contributed by atoms with Gasteiger partial charge in [-0.2, -0.15) is 4.98 Å². The molecule has 3 rings (SSSR count). The molecule has 2 aromatic rings. The third-order valence-corrected chi connectivity index (χ3v) is 5.22. The van der Waals surface area contributed by atoms with Crippen LogP contribution in [0.25, 0.3) is 0 Å². The molecule has 8 heteroatoms. The van der Waals surface area contributed by atoms with Crippen molar-refractivity contribution in [2.45, 2.75) is 24.4 Å². The lowest BCUT2D eigenvalue weighted by Crippen LogP contribution is -2.33. The zero-order chi connectivity index (χ0) is 18.8. The van der Waals surface area contributed by atoms with Gasteiger partial charge in [-0.1, -0.05) is 30.8 Å². The van der Waals surface area contributed by atoms with E-state index >= 15 is 0 Å². The molecule has 0 aliphatic carbocycles. The molecule has 1 aromatic heterocycles. The van der Waals surface area contributed by atoms with Crippen LogP contribution in [-0.2, 0) is 16.6 Å². The molecule has 0 radical (unpaired) electrons. The summed E-state index contributed by atoms with van der Waals surface area (Å²) in [6, 6.07) is 6.75. The molecular formula is C18H19N3O4S. The van der Waals surface area contributed by atoms with Crippen LogP contribution in [0.3, 0.4) is 0 Å². The van der Waals surface area contributed by atoms with E-state index in [9.17, 15) is 14.4 Å². The maximum atomic E-state index is 12.7. The highest BCUT2D eigenvalue weighted by Gasteiger charge is 2.32. The number of carbonyl (C=O) groups excluding carboxylic acids is 2. The van der Waals surface area contributed by atoms with Crippen LogP contribution in [0.4, 0.5) is 5.82 Å². The molecule has 0 bridgehead atoms. The highest BCUT2D eigenvalue weighted by molar-refractivity contribution is 7.99. The van der Waals surface area contributed by atoms with Crippen molar-refractivity contribution in [2.75, 3.05) is 18.2 Å². The number of nitrogens with zero attached hydrogens (tertiary/aromatic N) is 2. The Morgan fingerprint density at radius 1 is 1.35 bits per heavy atom. The van der Waals surface area contributed by atoms with E-state index < -0.39 is 11.9 Å². The second kappa shape index (κ2) is 7.33. The lowest BCUT2D eigenvalue weighted by molar-refractivity contribution is -0.116. The fraction of sp³-hybridized carbons (Fsp3) is 0.333. The van der Waals surface area contributed by atoms with Gasteiger partial charge in [0.2, 0.25) is 5.91 Å². The Balaban J connectivity index is 2.09. The second-order valence-electron chi connectivity index (χ2n) is 5.87. The van der Waals surface area contributed by atoms with Gasteiger partial charge in [0.15, 0.2) is 5.16 Å². The van der Waals surface area contributed by atoms with Gasteiger partial charge < -0.3 is 14.6 Å². The van der Waals surface area contributed by atoms with Crippen molar-refractivity contribution in [3.05, 3.63) is 51.3 Å².